The molecule has 1 unspecified atom stereocenters. The van der Waals surface area contributed by atoms with Gasteiger partial charge in [0.05, 0.1) is 23.8 Å². The van der Waals surface area contributed by atoms with E-state index in [2.05, 4.69) is 27.4 Å². The smallest absolute Gasteiger partial charge is 0.319 e. The Bertz CT molecular complexity index is 1350. The Kier molecular flexibility index (Phi) is 8.61. The fourth-order valence-electron chi connectivity index (χ4n) is 5.15. The first kappa shape index (κ1) is 28.8. The predicted molar refractivity (Wildman–Crippen MR) is 157 cm³/mol. The monoisotopic (exact) mass is 545 g/mol. The molecule has 0 saturated carbocycles. The third kappa shape index (κ3) is 6.03. The minimum absolute atomic E-state index is 0.164. The van der Waals surface area contributed by atoms with Gasteiger partial charge in [0, 0.05) is 29.9 Å². The second-order valence-electron chi connectivity index (χ2n) is 10.7. The second kappa shape index (κ2) is 11.9. The Morgan fingerprint density at radius 1 is 1.12 bits per heavy atom. The number of carbonyl (C=O) groups is 2. The van der Waals surface area contributed by atoms with Gasteiger partial charge >= 0.3 is 6.03 Å². The van der Waals surface area contributed by atoms with Gasteiger partial charge in [-0.05, 0) is 58.6 Å². The number of nitrogens with zero attached hydrogens (tertiary/aromatic N) is 4. The first-order valence-corrected chi connectivity index (χ1v) is 13.4. The zero-order valence-corrected chi connectivity index (χ0v) is 23.8. The van der Waals surface area contributed by atoms with Gasteiger partial charge in [-0.25, -0.2) is 4.79 Å². The lowest BCUT2D eigenvalue weighted by Crippen LogP contribution is -2.49. The van der Waals surface area contributed by atoms with E-state index in [-0.39, 0.29) is 18.0 Å². The molecule has 0 radical (unpaired) electrons. The number of aliphatic hydroxyl groups excluding tert-OH is 1. The van der Waals surface area contributed by atoms with Gasteiger partial charge in [0.1, 0.15) is 0 Å². The number of anilines is 2. The van der Waals surface area contributed by atoms with Crippen LogP contribution in [0.2, 0.25) is 0 Å². The molecule has 2 atom stereocenters. The van der Waals surface area contributed by atoms with Crippen LogP contribution in [0, 0.1) is 0 Å². The van der Waals surface area contributed by atoms with E-state index in [9.17, 15) is 14.7 Å². The van der Waals surface area contributed by atoms with Crippen molar-refractivity contribution in [3.63, 3.8) is 0 Å². The zero-order chi connectivity index (χ0) is 29.0. The van der Waals surface area contributed by atoms with Crippen molar-refractivity contribution in [3.05, 3.63) is 89.6 Å². The fraction of sp³-hybridized carbons (Fsp3) is 0.367. The molecule has 0 aliphatic carbocycles. The molecule has 10 heteroatoms. The molecule has 0 bridgehead atoms. The van der Waals surface area contributed by atoms with Gasteiger partial charge in [-0.3, -0.25) is 9.48 Å². The molecular weight excluding hydrogens is 506 g/mol. The average molecular weight is 546 g/mol. The molecule has 1 aromatic heterocycles. The van der Waals surface area contributed by atoms with E-state index in [0.717, 1.165) is 16.8 Å². The molecule has 2 aromatic carbocycles. The zero-order valence-electron chi connectivity index (χ0n) is 23.8. The van der Waals surface area contributed by atoms with E-state index in [1.165, 1.54) is 6.08 Å². The van der Waals surface area contributed by atoms with Crippen LogP contribution >= 0.6 is 0 Å². The molecule has 212 valence electrons. The topological polar surface area (TPSA) is 115 Å². The van der Waals surface area contributed by atoms with E-state index in [0.29, 0.717) is 36.7 Å². The largest absolute Gasteiger partial charge is 0.369 e. The summed E-state index contributed by atoms with van der Waals surface area (Å²) in [5.74, 6) is 0.227. The van der Waals surface area contributed by atoms with Gasteiger partial charge in [0.2, 0.25) is 5.91 Å². The van der Waals surface area contributed by atoms with Gasteiger partial charge in [-0.15, -0.1) is 0 Å². The van der Waals surface area contributed by atoms with Crippen molar-refractivity contribution in [2.75, 3.05) is 31.3 Å². The van der Waals surface area contributed by atoms with Crippen LogP contribution in [0.5, 0.6) is 0 Å². The number of nitrogens with one attached hydrogen (secondary N) is 3. The van der Waals surface area contributed by atoms with E-state index >= 15 is 0 Å². The molecule has 1 aliphatic rings. The molecule has 4 rings (SSSR count). The molecule has 2 heterocycles. The highest BCUT2D eigenvalue weighted by molar-refractivity contribution is 5.98. The number of aromatic nitrogens is 2. The number of aliphatic hydroxyl groups is 1. The standard InChI is InChI=1S/C30H39N7O3/c1-7-25(38)31-22-16-14-21(15-17-22)28(39)33-27-23-18-36(30(3,4)26(23)37(8-2)34-27)29(40)32-24(19-35(5)6)20-12-10-9-11-13-20/h7,9-17,24,28,39H,1,8,18-19H2,2-6H3,(H,31,38)(H,32,40)(H,33,34)/t24-,28?/m1/s1. The number of benzene rings is 2. The van der Waals surface area contributed by atoms with Gasteiger partial charge in [-0.1, -0.05) is 49.0 Å². The predicted octanol–water partition coefficient (Wildman–Crippen LogP) is 4.19. The lowest BCUT2D eigenvalue weighted by molar-refractivity contribution is -0.111. The molecular formula is C30H39N7O3. The van der Waals surface area contributed by atoms with Crippen molar-refractivity contribution in [1.29, 1.82) is 0 Å². The Hall–Kier alpha value is -4.15. The van der Waals surface area contributed by atoms with Crippen LogP contribution < -0.4 is 16.0 Å². The number of hydrogen-bond acceptors (Lipinski definition) is 6. The molecule has 3 aromatic rings. The molecule has 10 nitrogen and oxygen atoms in total. The van der Waals surface area contributed by atoms with Crippen LogP contribution in [0.3, 0.4) is 0 Å². The number of likely N-dealkylation sites (N-methyl/N-ethyl adjacent to an activating group) is 1. The van der Waals surface area contributed by atoms with Crippen LogP contribution in [0.1, 0.15) is 55.4 Å². The molecule has 4 N–H and O–H groups in total. The summed E-state index contributed by atoms with van der Waals surface area (Å²) in [6.45, 7) is 11.1. The Morgan fingerprint density at radius 2 is 1.80 bits per heavy atom. The Labute approximate surface area is 235 Å². The number of aryl methyl sites for hydroxylation is 1. The quantitative estimate of drug-likeness (QED) is 0.224. The number of fused-ring (bicyclic) bond motifs is 1. The minimum atomic E-state index is -1.04. The maximum absolute atomic E-state index is 13.7. The molecule has 0 fully saturated rings. The summed E-state index contributed by atoms with van der Waals surface area (Å²) >= 11 is 0. The highest BCUT2D eigenvalue weighted by atomic mass is 16.3. The van der Waals surface area contributed by atoms with Crippen molar-refractivity contribution in [2.24, 2.45) is 0 Å². The maximum Gasteiger partial charge on any atom is 0.319 e. The highest BCUT2D eigenvalue weighted by Crippen LogP contribution is 2.43. The molecule has 0 spiro atoms. The van der Waals surface area contributed by atoms with Crippen molar-refractivity contribution in [3.8, 4) is 0 Å². The summed E-state index contributed by atoms with van der Waals surface area (Å²) in [5.41, 5.74) is 3.43. The second-order valence-corrected chi connectivity index (χ2v) is 10.7. The first-order valence-electron chi connectivity index (χ1n) is 13.4. The van der Waals surface area contributed by atoms with Crippen LogP contribution in [0.15, 0.2) is 67.3 Å². The van der Waals surface area contributed by atoms with Crippen LogP contribution in [0.4, 0.5) is 16.3 Å². The van der Waals surface area contributed by atoms with Crippen molar-refractivity contribution >= 4 is 23.4 Å². The van der Waals surface area contributed by atoms with Gasteiger partial charge in [-0.2, -0.15) is 5.10 Å². The van der Waals surface area contributed by atoms with Crippen molar-refractivity contribution in [2.45, 2.75) is 51.7 Å². The van der Waals surface area contributed by atoms with Gasteiger partial charge in [0.25, 0.3) is 0 Å². The Balaban J connectivity index is 1.55. The summed E-state index contributed by atoms with van der Waals surface area (Å²) in [6.07, 6.45) is 0.159. The summed E-state index contributed by atoms with van der Waals surface area (Å²) in [6, 6.07) is 16.5. The molecule has 3 amide bonds. The molecule has 0 saturated heterocycles. The lowest BCUT2D eigenvalue weighted by Gasteiger charge is -2.35. The molecule has 40 heavy (non-hydrogen) atoms. The van der Waals surface area contributed by atoms with Gasteiger partial charge in [0.15, 0.2) is 12.0 Å². The van der Waals surface area contributed by atoms with Crippen molar-refractivity contribution < 1.29 is 14.7 Å². The summed E-state index contributed by atoms with van der Waals surface area (Å²) in [4.78, 5) is 29.2. The average Bonchev–Trinajstić information content (AvgIpc) is 3.43. The number of rotatable bonds is 10. The fourth-order valence-corrected chi connectivity index (χ4v) is 5.15. The van der Waals surface area contributed by atoms with Crippen LogP contribution in [-0.4, -0.2) is 57.3 Å². The summed E-state index contributed by atoms with van der Waals surface area (Å²) in [7, 11) is 3.98. The Morgan fingerprint density at radius 3 is 2.40 bits per heavy atom. The third-order valence-corrected chi connectivity index (χ3v) is 7.17. The van der Waals surface area contributed by atoms with Crippen molar-refractivity contribution in [1.82, 2.24) is 24.9 Å². The van der Waals surface area contributed by atoms with E-state index in [1.54, 1.807) is 24.3 Å². The highest BCUT2D eigenvalue weighted by Gasteiger charge is 2.45. The van der Waals surface area contributed by atoms with Crippen LogP contribution in [0.25, 0.3) is 0 Å². The third-order valence-electron chi connectivity index (χ3n) is 7.17. The summed E-state index contributed by atoms with van der Waals surface area (Å²) in [5, 5.41) is 24.8. The normalized spacial score (nSPS) is 15.3. The number of urea groups is 1. The number of hydrogen-bond donors (Lipinski definition) is 4. The minimum Gasteiger partial charge on any atom is -0.369 e. The number of carbonyl (C=O) groups excluding carboxylic acids is 2. The maximum atomic E-state index is 13.7. The van der Waals surface area contributed by atoms with E-state index in [1.807, 2.05) is 74.8 Å². The number of amides is 3. The first-order chi connectivity index (χ1) is 19.0. The van der Waals surface area contributed by atoms with E-state index in [4.69, 9.17) is 5.10 Å². The SMILES string of the molecule is C=CC(=O)Nc1ccc(C(O)Nc2nn(CC)c3c2CN(C(=O)N[C@H](CN(C)C)c2ccccc2)C3(C)C)cc1. The summed E-state index contributed by atoms with van der Waals surface area (Å²) < 4.78 is 1.89. The van der Waals surface area contributed by atoms with Crippen LogP contribution in [-0.2, 0) is 23.4 Å². The lowest BCUT2D eigenvalue weighted by atomic mass is 10.00. The van der Waals surface area contributed by atoms with E-state index < -0.39 is 11.8 Å². The van der Waals surface area contributed by atoms with Gasteiger partial charge < -0.3 is 30.9 Å². The molecule has 1 aliphatic heterocycles.